The second-order valence-electron chi connectivity index (χ2n) is 9.10. The molecule has 0 spiro atoms. The molecule has 2 aliphatic rings. The Kier molecular flexibility index (Phi) is 6.21. The fourth-order valence-electron chi connectivity index (χ4n) is 4.85. The molecule has 1 aromatic heterocycles. The van der Waals surface area contributed by atoms with Crippen LogP contribution in [0.1, 0.15) is 40.0 Å². The van der Waals surface area contributed by atoms with Gasteiger partial charge in [0.15, 0.2) is 18.1 Å². The van der Waals surface area contributed by atoms with Gasteiger partial charge in [0, 0.05) is 11.1 Å². The van der Waals surface area contributed by atoms with E-state index < -0.39 is 24.3 Å². The number of amides is 1. The summed E-state index contributed by atoms with van der Waals surface area (Å²) in [4.78, 5) is 30.7. The summed E-state index contributed by atoms with van der Waals surface area (Å²) in [6, 6.07) is 18.6. The number of allylic oxidation sites excluding steroid dienone is 1. The Morgan fingerprint density at radius 2 is 1.82 bits per heavy atom. The summed E-state index contributed by atoms with van der Waals surface area (Å²) < 4.78 is 29.5. The number of esters is 1. The Morgan fingerprint density at radius 1 is 1.00 bits per heavy atom. The van der Waals surface area contributed by atoms with Gasteiger partial charge in [-0.15, -0.1) is 0 Å². The van der Waals surface area contributed by atoms with Crippen LogP contribution >= 0.6 is 0 Å². The predicted molar refractivity (Wildman–Crippen MR) is 140 cm³/mol. The van der Waals surface area contributed by atoms with Crippen molar-refractivity contribution in [1.29, 1.82) is 0 Å². The van der Waals surface area contributed by atoms with Gasteiger partial charge in [0.2, 0.25) is 6.79 Å². The van der Waals surface area contributed by atoms with Gasteiger partial charge in [0.25, 0.3) is 5.91 Å². The van der Waals surface area contributed by atoms with Gasteiger partial charge in [-0.3, -0.25) is 4.79 Å². The molecule has 38 heavy (non-hydrogen) atoms. The van der Waals surface area contributed by atoms with E-state index in [0.717, 1.165) is 35.2 Å². The van der Waals surface area contributed by atoms with Crippen molar-refractivity contribution in [3.05, 3.63) is 94.9 Å². The lowest BCUT2D eigenvalue weighted by Crippen LogP contribution is -2.22. The number of aromatic nitrogens is 1. The van der Waals surface area contributed by atoms with E-state index in [1.165, 1.54) is 24.3 Å². The Hall–Kier alpha value is -4.72. The number of anilines is 1. The highest BCUT2D eigenvalue weighted by Crippen LogP contribution is 2.38. The zero-order chi connectivity index (χ0) is 26.1. The molecule has 0 radical (unpaired) electrons. The largest absolute Gasteiger partial charge is 0.454 e. The van der Waals surface area contributed by atoms with Gasteiger partial charge in [0.1, 0.15) is 5.82 Å². The molecule has 1 N–H and O–H groups in total. The lowest BCUT2D eigenvalue weighted by molar-refractivity contribution is -0.119. The van der Waals surface area contributed by atoms with Gasteiger partial charge in [-0.1, -0.05) is 24.3 Å². The highest BCUT2D eigenvalue weighted by molar-refractivity contribution is 6.07. The summed E-state index contributed by atoms with van der Waals surface area (Å²) in [5.74, 6) is -0.0893. The first kappa shape index (κ1) is 23.7. The molecule has 0 unspecified atom stereocenters. The number of pyridine rings is 1. The summed E-state index contributed by atoms with van der Waals surface area (Å²) in [6.07, 6.45) is 4.38. The third kappa shape index (κ3) is 4.68. The fraction of sp³-hybridized carbons (Fsp3) is 0.167. The SMILES string of the molecule is O=C(COC(=O)c1c2c(nc3ccccc13)/C(=C\c1ccc3c(c1)OCO3)CCC2)Nc1ccc(F)cc1. The van der Waals surface area contributed by atoms with Crippen molar-refractivity contribution in [3.8, 4) is 11.5 Å². The number of hydrogen-bond donors (Lipinski definition) is 1. The Bertz CT molecular complexity index is 1600. The second kappa shape index (κ2) is 9.97. The molecule has 3 aromatic carbocycles. The normalized spacial score (nSPS) is 14.8. The molecular weight excluding hydrogens is 487 g/mol. The van der Waals surface area contributed by atoms with Crippen molar-refractivity contribution in [2.45, 2.75) is 19.3 Å². The van der Waals surface area contributed by atoms with E-state index in [0.29, 0.717) is 40.1 Å². The van der Waals surface area contributed by atoms with E-state index in [2.05, 4.69) is 11.4 Å². The van der Waals surface area contributed by atoms with Crippen LogP contribution in [-0.4, -0.2) is 30.3 Å². The van der Waals surface area contributed by atoms with Crippen LogP contribution in [0.15, 0.2) is 66.7 Å². The van der Waals surface area contributed by atoms with Gasteiger partial charge >= 0.3 is 5.97 Å². The quantitative estimate of drug-likeness (QED) is 0.343. The molecule has 2 heterocycles. The summed E-state index contributed by atoms with van der Waals surface area (Å²) >= 11 is 0. The number of para-hydroxylation sites is 1. The monoisotopic (exact) mass is 510 g/mol. The molecule has 0 bridgehead atoms. The van der Waals surface area contributed by atoms with Crippen LogP contribution in [0.4, 0.5) is 10.1 Å². The smallest absolute Gasteiger partial charge is 0.339 e. The average molecular weight is 511 g/mol. The van der Waals surface area contributed by atoms with Gasteiger partial charge in [-0.05, 0) is 84.5 Å². The Morgan fingerprint density at radius 3 is 2.68 bits per heavy atom. The van der Waals surface area contributed by atoms with Crippen LogP contribution in [0.5, 0.6) is 11.5 Å². The molecule has 1 amide bonds. The van der Waals surface area contributed by atoms with Gasteiger partial charge in [0.05, 0.1) is 16.8 Å². The van der Waals surface area contributed by atoms with Gasteiger partial charge < -0.3 is 19.5 Å². The summed E-state index contributed by atoms with van der Waals surface area (Å²) in [6.45, 7) is -0.263. The van der Waals surface area contributed by atoms with Gasteiger partial charge in [-0.2, -0.15) is 0 Å². The van der Waals surface area contributed by atoms with Crippen molar-refractivity contribution in [3.63, 3.8) is 0 Å². The summed E-state index contributed by atoms with van der Waals surface area (Å²) in [7, 11) is 0. The molecule has 1 aliphatic carbocycles. The van der Waals surface area contributed by atoms with E-state index in [4.69, 9.17) is 19.2 Å². The maximum Gasteiger partial charge on any atom is 0.339 e. The standard InChI is InChI=1S/C30H23FN2O5/c31-20-9-11-21(12-10-20)32-27(34)16-36-30(35)28-22-5-1-2-7-24(22)33-29-19(4-3-6-23(28)29)14-18-8-13-25-26(15-18)38-17-37-25/h1-2,5,7-15H,3-4,6,16-17H2,(H,32,34)/b19-14-. The number of nitrogens with zero attached hydrogens (tertiary/aromatic N) is 1. The number of carbonyl (C=O) groups excluding carboxylic acids is 2. The summed E-state index contributed by atoms with van der Waals surface area (Å²) in [5, 5.41) is 3.28. The van der Waals surface area contributed by atoms with Crippen LogP contribution in [0.3, 0.4) is 0 Å². The van der Waals surface area contributed by atoms with Crippen molar-refractivity contribution in [2.24, 2.45) is 0 Å². The fourth-order valence-corrected chi connectivity index (χ4v) is 4.85. The first-order chi connectivity index (χ1) is 18.5. The molecule has 4 aromatic rings. The van der Waals surface area contributed by atoms with Crippen LogP contribution in [0, 0.1) is 5.82 Å². The van der Waals surface area contributed by atoms with Crippen LogP contribution < -0.4 is 14.8 Å². The first-order valence-corrected chi connectivity index (χ1v) is 12.3. The lowest BCUT2D eigenvalue weighted by atomic mass is 9.86. The number of nitrogens with one attached hydrogen (secondary N) is 1. The molecule has 190 valence electrons. The third-order valence-corrected chi connectivity index (χ3v) is 6.57. The highest BCUT2D eigenvalue weighted by Gasteiger charge is 2.26. The number of benzene rings is 3. The molecule has 0 saturated carbocycles. The van der Waals surface area contributed by atoms with Crippen molar-refractivity contribution < 1.29 is 28.2 Å². The summed E-state index contributed by atoms with van der Waals surface area (Å²) in [5.41, 5.74) is 5.05. The lowest BCUT2D eigenvalue weighted by Gasteiger charge is -2.22. The maximum absolute atomic E-state index is 13.4. The number of hydrogen-bond acceptors (Lipinski definition) is 6. The number of carbonyl (C=O) groups is 2. The molecule has 0 atom stereocenters. The first-order valence-electron chi connectivity index (χ1n) is 12.3. The van der Waals surface area contributed by atoms with E-state index in [9.17, 15) is 14.0 Å². The molecule has 6 rings (SSSR count). The van der Waals surface area contributed by atoms with E-state index >= 15 is 0 Å². The molecule has 7 nitrogen and oxygen atoms in total. The van der Waals surface area contributed by atoms with E-state index in [1.54, 1.807) is 0 Å². The minimum Gasteiger partial charge on any atom is -0.454 e. The minimum absolute atomic E-state index is 0.207. The van der Waals surface area contributed by atoms with Gasteiger partial charge in [-0.25, -0.2) is 14.2 Å². The van der Waals surface area contributed by atoms with Crippen molar-refractivity contribution in [1.82, 2.24) is 4.98 Å². The average Bonchev–Trinajstić information content (AvgIpc) is 3.40. The zero-order valence-corrected chi connectivity index (χ0v) is 20.3. The topological polar surface area (TPSA) is 86.8 Å². The van der Waals surface area contributed by atoms with Crippen molar-refractivity contribution >= 4 is 40.1 Å². The zero-order valence-electron chi connectivity index (χ0n) is 20.3. The molecule has 1 aliphatic heterocycles. The number of fused-ring (bicyclic) bond motifs is 3. The maximum atomic E-state index is 13.4. The van der Waals surface area contributed by atoms with Crippen LogP contribution in [0.25, 0.3) is 22.6 Å². The number of halogens is 1. The van der Waals surface area contributed by atoms with Crippen LogP contribution in [-0.2, 0) is 16.0 Å². The molecule has 0 saturated heterocycles. The minimum atomic E-state index is -0.585. The second-order valence-corrected chi connectivity index (χ2v) is 9.10. The Labute approximate surface area is 217 Å². The molecule has 0 fully saturated rings. The number of ether oxygens (including phenoxy) is 3. The van der Waals surface area contributed by atoms with E-state index in [-0.39, 0.29) is 6.79 Å². The van der Waals surface area contributed by atoms with E-state index in [1.807, 2.05) is 42.5 Å². The molecule has 8 heteroatoms. The predicted octanol–water partition coefficient (Wildman–Crippen LogP) is 5.78. The number of rotatable bonds is 5. The molecular formula is C30H23FN2O5. The Balaban J connectivity index is 1.31. The highest BCUT2D eigenvalue weighted by atomic mass is 19.1. The van der Waals surface area contributed by atoms with Crippen LogP contribution in [0.2, 0.25) is 0 Å². The third-order valence-electron chi connectivity index (χ3n) is 6.57. The van der Waals surface area contributed by atoms with Crippen molar-refractivity contribution in [2.75, 3.05) is 18.7 Å².